The molecule has 0 bridgehead atoms. The summed E-state index contributed by atoms with van der Waals surface area (Å²) in [5.41, 5.74) is 1.14. The highest BCUT2D eigenvalue weighted by molar-refractivity contribution is 9.10. The summed E-state index contributed by atoms with van der Waals surface area (Å²) in [6.45, 7) is 1.91. The minimum atomic E-state index is -0.472. The molecule has 0 fully saturated rings. The van der Waals surface area contributed by atoms with Crippen molar-refractivity contribution in [3.05, 3.63) is 68.5 Å². The van der Waals surface area contributed by atoms with Crippen LogP contribution in [0.2, 0.25) is 0 Å². The Kier molecular flexibility index (Phi) is 4.39. The first-order valence-electron chi connectivity index (χ1n) is 6.09. The molecule has 0 aliphatic heterocycles. The van der Waals surface area contributed by atoms with Crippen molar-refractivity contribution in [1.29, 1.82) is 0 Å². The molecule has 0 aliphatic rings. The van der Waals surface area contributed by atoms with Gasteiger partial charge in [0.05, 0.1) is 23.2 Å². The zero-order chi connectivity index (χ0) is 14.7. The summed E-state index contributed by atoms with van der Waals surface area (Å²) in [5.74, 6) is -0.472. The lowest BCUT2D eigenvalue weighted by atomic mass is 10.1. The number of halogens is 1. The number of nitrogens with zero attached hydrogens (tertiary/aromatic N) is 1. The van der Waals surface area contributed by atoms with Crippen LogP contribution < -0.4 is 5.56 Å². The molecule has 104 valence electrons. The highest BCUT2D eigenvalue weighted by atomic mass is 79.9. The van der Waals surface area contributed by atoms with Crippen LogP contribution in [-0.2, 0) is 4.74 Å². The Balaban J connectivity index is 2.53. The third-order valence-electron chi connectivity index (χ3n) is 3.12. The molecule has 4 nitrogen and oxygen atoms in total. The number of rotatable bonds is 3. The number of ether oxygens (including phenoxy) is 1. The van der Waals surface area contributed by atoms with Gasteiger partial charge in [-0.15, -0.1) is 0 Å². The molecule has 0 amide bonds. The fraction of sp³-hybridized carbons (Fsp3) is 0.200. The predicted molar refractivity (Wildman–Crippen MR) is 80.0 cm³/mol. The van der Waals surface area contributed by atoms with Crippen LogP contribution in [0, 0.1) is 0 Å². The maximum atomic E-state index is 12.2. The van der Waals surface area contributed by atoms with Gasteiger partial charge in [-0.1, -0.05) is 30.3 Å². The van der Waals surface area contributed by atoms with Gasteiger partial charge in [-0.2, -0.15) is 0 Å². The van der Waals surface area contributed by atoms with Crippen molar-refractivity contribution in [3.63, 3.8) is 0 Å². The number of hydrogen-bond donors (Lipinski definition) is 0. The molecule has 1 unspecified atom stereocenters. The van der Waals surface area contributed by atoms with Gasteiger partial charge in [0.1, 0.15) is 0 Å². The molecule has 0 radical (unpaired) electrons. The summed E-state index contributed by atoms with van der Waals surface area (Å²) < 4.78 is 6.55. The van der Waals surface area contributed by atoms with Gasteiger partial charge in [0.25, 0.3) is 5.56 Å². The van der Waals surface area contributed by atoms with Crippen molar-refractivity contribution in [2.75, 3.05) is 7.11 Å². The lowest BCUT2D eigenvalue weighted by Crippen LogP contribution is -2.25. The van der Waals surface area contributed by atoms with Gasteiger partial charge in [-0.3, -0.25) is 4.79 Å². The highest BCUT2D eigenvalue weighted by Gasteiger charge is 2.15. The van der Waals surface area contributed by atoms with Gasteiger partial charge in [0.2, 0.25) is 0 Å². The van der Waals surface area contributed by atoms with Gasteiger partial charge in [-0.05, 0) is 34.5 Å². The van der Waals surface area contributed by atoms with Crippen LogP contribution in [0.3, 0.4) is 0 Å². The average Bonchev–Trinajstić information content (AvgIpc) is 2.49. The van der Waals surface area contributed by atoms with E-state index in [0.717, 1.165) is 5.56 Å². The van der Waals surface area contributed by atoms with Crippen LogP contribution in [-0.4, -0.2) is 17.6 Å². The number of carbonyl (C=O) groups excluding carboxylic acids is 1. The summed E-state index contributed by atoms with van der Waals surface area (Å²) in [7, 11) is 1.31. The molecule has 2 aromatic rings. The SMILES string of the molecule is COC(=O)c1cc(Br)c(=O)n(C(C)c2ccccc2)c1. The Morgan fingerprint density at radius 3 is 2.55 bits per heavy atom. The maximum absolute atomic E-state index is 12.2. The summed E-state index contributed by atoms with van der Waals surface area (Å²) in [4.78, 5) is 23.8. The van der Waals surface area contributed by atoms with Crippen LogP contribution in [0.1, 0.15) is 28.9 Å². The van der Waals surface area contributed by atoms with Gasteiger partial charge in [0.15, 0.2) is 0 Å². The third kappa shape index (κ3) is 2.82. The molecule has 0 N–H and O–H groups in total. The van der Waals surface area contributed by atoms with Gasteiger partial charge < -0.3 is 9.30 Å². The molecule has 1 atom stereocenters. The van der Waals surface area contributed by atoms with E-state index in [1.165, 1.54) is 23.9 Å². The van der Waals surface area contributed by atoms with Crippen molar-refractivity contribution < 1.29 is 9.53 Å². The van der Waals surface area contributed by atoms with Gasteiger partial charge in [0, 0.05) is 6.20 Å². The Morgan fingerprint density at radius 2 is 1.95 bits per heavy atom. The number of carbonyl (C=O) groups is 1. The molecular weight excluding hydrogens is 322 g/mol. The van der Waals surface area contributed by atoms with Crippen LogP contribution in [0.5, 0.6) is 0 Å². The first-order chi connectivity index (χ1) is 9.54. The molecule has 0 spiro atoms. The fourth-order valence-electron chi connectivity index (χ4n) is 1.98. The molecule has 0 saturated carbocycles. The van der Waals surface area contributed by atoms with Crippen LogP contribution in [0.15, 0.2) is 51.9 Å². The molecule has 0 aliphatic carbocycles. The normalized spacial score (nSPS) is 11.9. The minimum absolute atomic E-state index is 0.176. The van der Waals surface area contributed by atoms with Crippen molar-refractivity contribution >= 4 is 21.9 Å². The van der Waals surface area contributed by atoms with E-state index in [-0.39, 0.29) is 11.6 Å². The lowest BCUT2D eigenvalue weighted by Gasteiger charge is -2.17. The second-order valence-electron chi connectivity index (χ2n) is 4.37. The molecule has 2 rings (SSSR count). The van der Waals surface area contributed by atoms with Crippen LogP contribution in [0.25, 0.3) is 0 Å². The zero-order valence-corrected chi connectivity index (χ0v) is 12.8. The Labute approximate surface area is 125 Å². The van der Waals surface area contributed by atoms with E-state index in [1.54, 1.807) is 0 Å². The van der Waals surface area contributed by atoms with E-state index in [1.807, 2.05) is 37.3 Å². The fourth-order valence-corrected chi connectivity index (χ4v) is 2.43. The molecule has 1 aromatic heterocycles. The van der Waals surface area contributed by atoms with Gasteiger partial charge in [-0.25, -0.2) is 4.79 Å². The zero-order valence-electron chi connectivity index (χ0n) is 11.2. The standard InChI is InChI=1S/C15H14BrNO3/c1-10(11-6-4-3-5-7-11)17-9-12(15(19)20-2)8-13(16)14(17)18/h3-10H,1-2H3. The van der Waals surface area contributed by atoms with Crippen molar-refractivity contribution in [3.8, 4) is 0 Å². The highest BCUT2D eigenvalue weighted by Crippen LogP contribution is 2.18. The van der Waals surface area contributed by atoms with E-state index < -0.39 is 5.97 Å². The van der Waals surface area contributed by atoms with E-state index in [0.29, 0.717) is 10.0 Å². The summed E-state index contributed by atoms with van der Waals surface area (Å²) >= 11 is 3.19. The number of methoxy groups -OCH3 is 1. The monoisotopic (exact) mass is 335 g/mol. The minimum Gasteiger partial charge on any atom is -0.465 e. The van der Waals surface area contributed by atoms with E-state index in [9.17, 15) is 9.59 Å². The van der Waals surface area contributed by atoms with Crippen molar-refractivity contribution in [2.45, 2.75) is 13.0 Å². The predicted octanol–water partition coefficient (Wildman–Crippen LogP) is 3.01. The maximum Gasteiger partial charge on any atom is 0.339 e. The third-order valence-corrected chi connectivity index (χ3v) is 3.69. The van der Waals surface area contributed by atoms with E-state index in [4.69, 9.17) is 4.74 Å². The quantitative estimate of drug-likeness (QED) is 0.810. The van der Waals surface area contributed by atoms with E-state index >= 15 is 0 Å². The number of hydrogen-bond acceptors (Lipinski definition) is 3. The summed E-state index contributed by atoms with van der Waals surface area (Å²) in [6, 6.07) is 10.9. The first kappa shape index (κ1) is 14.5. The summed E-state index contributed by atoms with van der Waals surface area (Å²) in [5, 5.41) is 0. The Morgan fingerprint density at radius 1 is 1.30 bits per heavy atom. The molecule has 1 aromatic carbocycles. The number of pyridine rings is 1. The number of aromatic nitrogens is 1. The van der Waals surface area contributed by atoms with Crippen LogP contribution in [0.4, 0.5) is 0 Å². The second-order valence-corrected chi connectivity index (χ2v) is 5.22. The average molecular weight is 336 g/mol. The molecule has 5 heteroatoms. The van der Waals surface area contributed by atoms with Gasteiger partial charge >= 0.3 is 5.97 Å². The second kappa shape index (κ2) is 6.05. The van der Waals surface area contributed by atoms with Crippen molar-refractivity contribution in [1.82, 2.24) is 4.57 Å². The number of benzene rings is 1. The largest absolute Gasteiger partial charge is 0.465 e. The van der Waals surface area contributed by atoms with Crippen molar-refractivity contribution in [2.24, 2.45) is 0 Å². The molecule has 0 saturated heterocycles. The molecular formula is C15H14BrNO3. The number of esters is 1. The Hall–Kier alpha value is -1.88. The first-order valence-corrected chi connectivity index (χ1v) is 6.89. The smallest absolute Gasteiger partial charge is 0.339 e. The lowest BCUT2D eigenvalue weighted by molar-refractivity contribution is 0.0599. The molecule has 20 heavy (non-hydrogen) atoms. The Bertz CT molecular complexity index is 679. The molecule has 1 heterocycles. The topological polar surface area (TPSA) is 48.3 Å². The summed E-state index contributed by atoms with van der Waals surface area (Å²) in [6.07, 6.45) is 1.52. The van der Waals surface area contributed by atoms with E-state index in [2.05, 4.69) is 15.9 Å². The van der Waals surface area contributed by atoms with Crippen LogP contribution >= 0.6 is 15.9 Å².